The summed E-state index contributed by atoms with van der Waals surface area (Å²) in [5.41, 5.74) is 8.91. The lowest BCUT2D eigenvalue weighted by Crippen LogP contribution is -2.11. The van der Waals surface area contributed by atoms with Crippen molar-refractivity contribution in [1.29, 1.82) is 0 Å². The molecule has 0 fully saturated rings. The Morgan fingerprint density at radius 1 is 1.35 bits per heavy atom. The van der Waals surface area contributed by atoms with Crippen LogP contribution in [0.25, 0.3) is 0 Å². The van der Waals surface area contributed by atoms with Crippen molar-refractivity contribution in [3.8, 4) is 0 Å². The molecule has 1 aromatic carbocycles. The second kappa shape index (κ2) is 4.41. The molecule has 2 rings (SSSR count). The van der Waals surface area contributed by atoms with Crippen LogP contribution in [-0.2, 0) is 13.5 Å². The number of hydrogen-bond acceptors (Lipinski definition) is 2. The molecular formula is C13H15N3O. The summed E-state index contributed by atoms with van der Waals surface area (Å²) in [6.07, 6.45) is 0.747. The van der Waals surface area contributed by atoms with E-state index in [2.05, 4.69) is 36.3 Å². The molecule has 0 aliphatic heterocycles. The van der Waals surface area contributed by atoms with Crippen molar-refractivity contribution < 1.29 is 4.79 Å². The second-order valence-electron chi connectivity index (χ2n) is 4.17. The van der Waals surface area contributed by atoms with Crippen molar-refractivity contribution in [3.63, 3.8) is 0 Å². The molecule has 4 heteroatoms. The zero-order valence-electron chi connectivity index (χ0n) is 9.97. The number of carbonyl (C=O) groups is 1. The van der Waals surface area contributed by atoms with Crippen LogP contribution in [-0.4, -0.2) is 15.7 Å². The van der Waals surface area contributed by atoms with Crippen molar-refractivity contribution in [2.75, 3.05) is 0 Å². The van der Waals surface area contributed by atoms with Crippen LogP contribution in [0.3, 0.4) is 0 Å². The molecule has 0 saturated carbocycles. The Bertz CT molecular complexity index is 540. The van der Waals surface area contributed by atoms with Gasteiger partial charge in [0.15, 0.2) is 0 Å². The lowest BCUT2D eigenvalue weighted by molar-refractivity contribution is 0.0995. The molecule has 88 valence electrons. The van der Waals surface area contributed by atoms with E-state index in [0.29, 0.717) is 5.69 Å². The number of benzene rings is 1. The van der Waals surface area contributed by atoms with E-state index in [1.54, 1.807) is 10.7 Å². The van der Waals surface area contributed by atoms with E-state index in [1.807, 2.05) is 7.05 Å². The molecule has 1 amide bonds. The molecule has 2 aromatic rings. The van der Waals surface area contributed by atoms with Crippen molar-refractivity contribution in [3.05, 3.63) is 52.8 Å². The third kappa shape index (κ3) is 2.53. The average molecular weight is 229 g/mol. The molecule has 0 saturated heterocycles. The molecule has 0 aliphatic carbocycles. The first kappa shape index (κ1) is 11.4. The fourth-order valence-electron chi connectivity index (χ4n) is 1.71. The minimum Gasteiger partial charge on any atom is -0.364 e. The number of nitrogens with zero attached hydrogens (tertiary/aromatic N) is 2. The Hall–Kier alpha value is -2.10. The summed E-state index contributed by atoms with van der Waals surface area (Å²) in [7, 11) is 1.82. The molecule has 1 heterocycles. The van der Waals surface area contributed by atoms with Crippen LogP contribution < -0.4 is 5.73 Å². The molecule has 0 spiro atoms. The second-order valence-corrected chi connectivity index (χ2v) is 4.17. The lowest BCUT2D eigenvalue weighted by atomic mass is 10.1. The quantitative estimate of drug-likeness (QED) is 0.865. The Morgan fingerprint density at radius 3 is 2.53 bits per heavy atom. The molecular weight excluding hydrogens is 214 g/mol. The largest absolute Gasteiger partial charge is 0.364 e. The molecule has 0 bridgehead atoms. The third-order valence-corrected chi connectivity index (χ3v) is 2.74. The van der Waals surface area contributed by atoms with E-state index in [4.69, 9.17) is 5.73 Å². The van der Waals surface area contributed by atoms with Gasteiger partial charge < -0.3 is 5.73 Å². The van der Waals surface area contributed by atoms with Crippen molar-refractivity contribution in [1.82, 2.24) is 9.78 Å². The van der Waals surface area contributed by atoms with Gasteiger partial charge in [0, 0.05) is 19.2 Å². The molecule has 17 heavy (non-hydrogen) atoms. The van der Waals surface area contributed by atoms with Crippen LogP contribution in [0.5, 0.6) is 0 Å². The molecule has 1 aromatic heterocycles. The van der Waals surface area contributed by atoms with Gasteiger partial charge in [-0.05, 0) is 18.6 Å². The van der Waals surface area contributed by atoms with E-state index >= 15 is 0 Å². The summed E-state index contributed by atoms with van der Waals surface area (Å²) < 4.78 is 1.69. The lowest BCUT2D eigenvalue weighted by Gasteiger charge is -2.02. The Kier molecular flexibility index (Phi) is 2.95. The molecule has 0 aliphatic rings. The predicted octanol–water partition coefficient (Wildman–Crippen LogP) is 1.42. The molecule has 0 atom stereocenters. The van der Waals surface area contributed by atoms with Gasteiger partial charge in [-0.15, -0.1) is 0 Å². The number of aryl methyl sites for hydroxylation is 2. The van der Waals surface area contributed by atoms with E-state index < -0.39 is 5.91 Å². The van der Waals surface area contributed by atoms with Gasteiger partial charge in [0.1, 0.15) is 5.69 Å². The summed E-state index contributed by atoms with van der Waals surface area (Å²) in [6.45, 7) is 2.05. The third-order valence-electron chi connectivity index (χ3n) is 2.74. The number of hydrogen-bond donors (Lipinski definition) is 1. The fraction of sp³-hybridized carbons (Fsp3) is 0.231. The van der Waals surface area contributed by atoms with E-state index in [1.165, 1.54) is 11.1 Å². The maximum atomic E-state index is 11.0. The maximum Gasteiger partial charge on any atom is 0.269 e. The smallest absolute Gasteiger partial charge is 0.269 e. The highest BCUT2D eigenvalue weighted by Crippen LogP contribution is 2.11. The number of carbonyl (C=O) groups excluding carboxylic acids is 1. The summed E-state index contributed by atoms with van der Waals surface area (Å²) in [5.74, 6) is -0.490. The van der Waals surface area contributed by atoms with Crippen LogP contribution >= 0.6 is 0 Å². The summed E-state index contributed by atoms with van der Waals surface area (Å²) in [5, 5.41) is 4.07. The molecule has 4 nitrogen and oxygen atoms in total. The van der Waals surface area contributed by atoms with Gasteiger partial charge in [-0.1, -0.05) is 29.8 Å². The monoisotopic (exact) mass is 229 g/mol. The van der Waals surface area contributed by atoms with Gasteiger partial charge in [0.25, 0.3) is 5.91 Å². The normalized spacial score (nSPS) is 10.5. The van der Waals surface area contributed by atoms with Crippen molar-refractivity contribution >= 4 is 5.91 Å². The summed E-state index contributed by atoms with van der Waals surface area (Å²) in [4.78, 5) is 11.0. The van der Waals surface area contributed by atoms with Crippen molar-refractivity contribution in [2.45, 2.75) is 13.3 Å². The average Bonchev–Trinajstić information content (AvgIpc) is 2.64. The van der Waals surface area contributed by atoms with E-state index in [9.17, 15) is 4.79 Å². The highest BCUT2D eigenvalue weighted by atomic mass is 16.1. The van der Waals surface area contributed by atoms with Crippen LogP contribution in [0.1, 0.15) is 27.3 Å². The zero-order chi connectivity index (χ0) is 12.4. The zero-order valence-corrected chi connectivity index (χ0v) is 9.97. The van der Waals surface area contributed by atoms with Crippen LogP contribution in [0, 0.1) is 6.92 Å². The first-order chi connectivity index (χ1) is 8.06. The SMILES string of the molecule is Cc1ccc(Cc2cc(C(N)=O)nn2C)cc1. The Labute approximate surface area is 100 Å². The molecule has 2 N–H and O–H groups in total. The van der Waals surface area contributed by atoms with Gasteiger partial charge in [0.2, 0.25) is 0 Å². The topological polar surface area (TPSA) is 60.9 Å². The number of primary amides is 1. The van der Waals surface area contributed by atoms with Crippen molar-refractivity contribution in [2.24, 2.45) is 12.8 Å². The number of amides is 1. The number of nitrogens with two attached hydrogens (primary N) is 1. The van der Waals surface area contributed by atoms with Gasteiger partial charge in [0.05, 0.1) is 0 Å². The minimum absolute atomic E-state index is 0.314. The Morgan fingerprint density at radius 2 is 2.00 bits per heavy atom. The number of aromatic nitrogens is 2. The maximum absolute atomic E-state index is 11.0. The standard InChI is InChI=1S/C13H15N3O/c1-9-3-5-10(6-4-9)7-11-8-12(13(14)17)15-16(11)2/h3-6,8H,7H2,1-2H3,(H2,14,17). The van der Waals surface area contributed by atoms with Crippen LogP contribution in [0.4, 0.5) is 0 Å². The summed E-state index contributed by atoms with van der Waals surface area (Å²) >= 11 is 0. The Balaban J connectivity index is 2.24. The van der Waals surface area contributed by atoms with Gasteiger partial charge in [-0.2, -0.15) is 5.10 Å². The van der Waals surface area contributed by atoms with Gasteiger partial charge in [-0.25, -0.2) is 0 Å². The first-order valence-corrected chi connectivity index (χ1v) is 5.44. The fourth-order valence-corrected chi connectivity index (χ4v) is 1.71. The van der Waals surface area contributed by atoms with Crippen LogP contribution in [0.15, 0.2) is 30.3 Å². The number of rotatable bonds is 3. The molecule has 0 radical (unpaired) electrons. The van der Waals surface area contributed by atoms with Crippen LogP contribution in [0.2, 0.25) is 0 Å². The van der Waals surface area contributed by atoms with Gasteiger partial charge >= 0.3 is 0 Å². The highest BCUT2D eigenvalue weighted by Gasteiger charge is 2.09. The first-order valence-electron chi connectivity index (χ1n) is 5.44. The van der Waals surface area contributed by atoms with E-state index in [0.717, 1.165) is 12.1 Å². The predicted molar refractivity (Wildman–Crippen MR) is 65.7 cm³/mol. The highest BCUT2D eigenvalue weighted by molar-refractivity contribution is 5.90. The minimum atomic E-state index is -0.490. The van der Waals surface area contributed by atoms with Gasteiger partial charge in [-0.3, -0.25) is 9.48 Å². The molecule has 0 unspecified atom stereocenters. The summed E-state index contributed by atoms with van der Waals surface area (Å²) in [6, 6.07) is 10.0. The van der Waals surface area contributed by atoms with E-state index in [-0.39, 0.29) is 0 Å².